The van der Waals surface area contributed by atoms with Crippen LogP contribution in [0.2, 0.25) is 0 Å². The largest absolute Gasteiger partial charge is 0.370 e. The van der Waals surface area contributed by atoms with Gasteiger partial charge in [0.25, 0.3) is 0 Å². The van der Waals surface area contributed by atoms with E-state index in [-0.39, 0.29) is 0 Å². The number of nitrogens with zero attached hydrogens (tertiary/aromatic N) is 1. The molecule has 0 aromatic carbocycles. The molecule has 0 saturated carbocycles. The van der Waals surface area contributed by atoms with Crippen molar-refractivity contribution in [1.82, 2.24) is 4.98 Å². The van der Waals surface area contributed by atoms with Crippen LogP contribution in [0, 0.1) is 6.92 Å². The van der Waals surface area contributed by atoms with E-state index >= 15 is 0 Å². The van der Waals surface area contributed by atoms with Gasteiger partial charge in [0, 0.05) is 17.2 Å². The molecule has 0 atom stereocenters. The second-order valence-corrected chi connectivity index (χ2v) is 3.96. The highest BCUT2D eigenvalue weighted by molar-refractivity contribution is 9.10. The van der Waals surface area contributed by atoms with E-state index in [9.17, 15) is 0 Å². The maximum absolute atomic E-state index is 4.25. The number of nitrogens with one attached hydrogen (secondary N) is 1. The van der Waals surface area contributed by atoms with Crippen LogP contribution in [0.1, 0.15) is 18.9 Å². The lowest BCUT2D eigenvalue weighted by atomic mass is 10.3. The van der Waals surface area contributed by atoms with Crippen molar-refractivity contribution in [2.75, 3.05) is 11.9 Å². The summed E-state index contributed by atoms with van der Waals surface area (Å²) in [5.74, 6) is 0.940. The molecule has 0 spiro atoms. The first kappa shape index (κ1) is 11.2. The van der Waals surface area contributed by atoms with Crippen molar-refractivity contribution >= 4 is 21.7 Å². The van der Waals surface area contributed by atoms with E-state index < -0.39 is 0 Å². The standard InChI is InChI=1S/C11H15BrN2/c1-3-4-5-6-13-11-7-9(2)10(12)8-14-11/h3-4,7-8H,5-6H2,1-2H3,(H,13,14)/b4-3+. The molecule has 1 aromatic rings. The predicted octanol–water partition coefficient (Wildman–Crippen LogP) is 3.53. The average Bonchev–Trinajstić information content (AvgIpc) is 2.18. The van der Waals surface area contributed by atoms with E-state index in [0.29, 0.717) is 0 Å². The van der Waals surface area contributed by atoms with Crippen LogP contribution in [0.15, 0.2) is 28.9 Å². The molecule has 2 nitrogen and oxygen atoms in total. The third-order valence-corrected chi connectivity index (χ3v) is 2.73. The predicted molar refractivity (Wildman–Crippen MR) is 64.6 cm³/mol. The molecule has 1 aromatic heterocycles. The Kier molecular flexibility index (Phi) is 4.66. The fraction of sp³-hybridized carbons (Fsp3) is 0.364. The summed E-state index contributed by atoms with van der Waals surface area (Å²) in [6.07, 6.45) is 7.06. The minimum atomic E-state index is 0.929. The summed E-state index contributed by atoms with van der Waals surface area (Å²) in [6.45, 7) is 5.02. The Hall–Kier alpha value is -0.830. The van der Waals surface area contributed by atoms with Crippen molar-refractivity contribution in [3.05, 3.63) is 34.5 Å². The second kappa shape index (κ2) is 5.81. The van der Waals surface area contributed by atoms with E-state index in [2.05, 4.69) is 45.3 Å². The summed E-state index contributed by atoms with van der Waals surface area (Å²) in [6, 6.07) is 2.04. The summed E-state index contributed by atoms with van der Waals surface area (Å²) >= 11 is 3.42. The van der Waals surface area contributed by atoms with Crippen LogP contribution in [0.5, 0.6) is 0 Å². The lowest BCUT2D eigenvalue weighted by molar-refractivity contribution is 1.04. The minimum Gasteiger partial charge on any atom is -0.370 e. The van der Waals surface area contributed by atoms with Gasteiger partial charge in [0.15, 0.2) is 0 Å². The number of aromatic nitrogens is 1. The molecule has 0 fully saturated rings. The molecule has 0 radical (unpaired) electrons. The molecule has 0 aliphatic heterocycles. The number of halogens is 1. The molecule has 0 bridgehead atoms. The molecule has 0 amide bonds. The Balaban J connectivity index is 2.47. The topological polar surface area (TPSA) is 24.9 Å². The molecule has 1 rings (SSSR count). The van der Waals surface area contributed by atoms with Crippen LogP contribution in [0.25, 0.3) is 0 Å². The number of hydrogen-bond acceptors (Lipinski definition) is 2. The van der Waals surface area contributed by atoms with Gasteiger partial charge in [-0.25, -0.2) is 4.98 Å². The number of hydrogen-bond donors (Lipinski definition) is 1. The third kappa shape index (κ3) is 3.50. The van der Waals surface area contributed by atoms with Gasteiger partial charge in [0.1, 0.15) is 5.82 Å². The van der Waals surface area contributed by atoms with Crippen molar-refractivity contribution < 1.29 is 0 Å². The van der Waals surface area contributed by atoms with Crippen molar-refractivity contribution in [2.24, 2.45) is 0 Å². The van der Waals surface area contributed by atoms with Gasteiger partial charge in [0.05, 0.1) is 0 Å². The average molecular weight is 255 g/mol. The van der Waals surface area contributed by atoms with Gasteiger partial charge in [-0.3, -0.25) is 0 Å². The van der Waals surface area contributed by atoms with E-state index in [4.69, 9.17) is 0 Å². The molecule has 14 heavy (non-hydrogen) atoms. The summed E-state index contributed by atoms with van der Waals surface area (Å²) in [5, 5.41) is 3.26. The first-order valence-electron chi connectivity index (χ1n) is 4.71. The zero-order valence-electron chi connectivity index (χ0n) is 8.55. The number of aryl methyl sites for hydroxylation is 1. The fourth-order valence-electron chi connectivity index (χ4n) is 1.09. The Morgan fingerprint density at radius 1 is 1.57 bits per heavy atom. The van der Waals surface area contributed by atoms with Gasteiger partial charge in [-0.05, 0) is 47.8 Å². The zero-order valence-corrected chi connectivity index (χ0v) is 10.1. The van der Waals surface area contributed by atoms with Crippen molar-refractivity contribution in [1.29, 1.82) is 0 Å². The molecular weight excluding hydrogens is 240 g/mol. The van der Waals surface area contributed by atoms with Crippen molar-refractivity contribution in [3.8, 4) is 0 Å². The molecule has 1 heterocycles. The third-order valence-electron chi connectivity index (χ3n) is 1.90. The lowest BCUT2D eigenvalue weighted by Gasteiger charge is -2.05. The molecule has 0 aliphatic rings. The summed E-state index contributed by atoms with van der Waals surface area (Å²) in [5.41, 5.74) is 1.20. The summed E-state index contributed by atoms with van der Waals surface area (Å²) in [4.78, 5) is 4.25. The number of allylic oxidation sites excluding steroid dienone is 1. The van der Waals surface area contributed by atoms with E-state index in [1.807, 2.05) is 19.2 Å². The number of rotatable bonds is 4. The quantitative estimate of drug-likeness (QED) is 0.657. The Bertz CT molecular complexity index is 321. The maximum atomic E-state index is 4.25. The number of pyridine rings is 1. The second-order valence-electron chi connectivity index (χ2n) is 3.10. The molecule has 76 valence electrons. The van der Waals surface area contributed by atoms with E-state index in [0.717, 1.165) is 23.3 Å². The van der Waals surface area contributed by atoms with Crippen molar-refractivity contribution in [2.45, 2.75) is 20.3 Å². The first-order chi connectivity index (χ1) is 6.74. The molecule has 0 aliphatic carbocycles. The van der Waals surface area contributed by atoms with Gasteiger partial charge < -0.3 is 5.32 Å². The van der Waals surface area contributed by atoms with Crippen LogP contribution in [0.4, 0.5) is 5.82 Å². The normalized spacial score (nSPS) is 10.8. The van der Waals surface area contributed by atoms with Crippen LogP contribution in [-0.2, 0) is 0 Å². The van der Waals surface area contributed by atoms with Gasteiger partial charge in [-0.1, -0.05) is 12.2 Å². The molecular formula is C11H15BrN2. The Morgan fingerprint density at radius 2 is 2.36 bits per heavy atom. The molecule has 0 unspecified atom stereocenters. The summed E-state index contributed by atoms with van der Waals surface area (Å²) < 4.78 is 1.05. The van der Waals surface area contributed by atoms with Crippen molar-refractivity contribution in [3.63, 3.8) is 0 Å². The Morgan fingerprint density at radius 3 is 3.00 bits per heavy atom. The Labute approximate surface area is 93.6 Å². The monoisotopic (exact) mass is 254 g/mol. The number of anilines is 1. The summed E-state index contributed by atoms with van der Waals surface area (Å²) in [7, 11) is 0. The van der Waals surface area contributed by atoms with Crippen LogP contribution in [0.3, 0.4) is 0 Å². The highest BCUT2D eigenvalue weighted by Gasteiger charge is 1.96. The first-order valence-corrected chi connectivity index (χ1v) is 5.50. The zero-order chi connectivity index (χ0) is 10.4. The lowest BCUT2D eigenvalue weighted by Crippen LogP contribution is -2.02. The van der Waals surface area contributed by atoms with Gasteiger partial charge >= 0.3 is 0 Å². The van der Waals surface area contributed by atoms with E-state index in [1.54, 1.807) is 0 Å². The van der Waals surface area contributed by atoms with Crippen LogP contribution < -0.4 is 5.32 Å². The highest BCUT2D eigenvalue weighted by Crippen LogP contribution is 2.16. The van der Waals surface area contributed by atoms with Gasteiger partial charge in [-0.15, -0.1) is 0 Å². The minimum absolute atomic E-state index is 0.929. The highest BCUT2D eigenvalue weighted by atomic mass is 79.9. The van der Waals surface area contributed by atoms with E-state index in [1.165, 1.54) is 5.56 Å². The smallest absolute Gasteiger partial charge is 0.126 e. The molecule has 3 heteroatoms. The van der Waals surface area contributed by atoms with Gasteiger partial charge in [0.2, 0.25) is 0 Å². The maximum Gasteiger partial charge on any atom is 0.126 e. The SMILES string of the molecule is C/C=C/CCNc1cc(C)c(Br)cn1. The van der Waals surface area contributed by atoms with Gasteiger partial charge in [-0.2, -0.15) is 0 Å². The van der Waals surface area contributed by atoms with Crippen LogP contribution in [-0.4, -0.2) is 11.5 Å². The fourth-order valence-corrected chi connectivity index (χ4v) is 1.30. The van der Waals surface area contributed by atoms with Crippen LogP contribution >= 0.6 is 15.9 Å². The molecule has 1 N–H and O–H groups in total. The molecule has 0 saturated heterocycles.